The molecule has 0 aliphatic carbocycles. The topological polar surface area (TPSA) is 238 Å². The van der Waals surface area contributed by atoms with Gasteiger partial charge in [0, 0.05) is 74.6 Å². The van der Waals surface area contributed by atoms with Crippen molar-refractivity contribution < 1.29 is 45.6 Å². The first-order valence-corrected chi connectivity index (χ1v) is 31.1. The molecule has 2 aliphatic rings. The lowest BCUT2D eigenvalue weighted by atomic mass is 9.85. The minimum Gasteiger partial charge on any atom is -0.347 e. The fraction of sp³-hybridized carbons (Fsp3) is 0.579. The van der Waals surface area contributed by atoms with Crippen molar-refractivity contribution in [2.75, 3.05) is 72.9 Å². The van der Waals surface area contributed by atoms with Gasteiger partial charge in [0.05, 0.1) is 24.6 Å². The molecule has 4 N–H and O–H groups in total. The first kappa shape index (κ1) is 65.1. The molecule has 3 aromatic carbocycles. The number of hydrogen-bond acceptors (Lipinski definition) is 12. The van der Waals surface area contributed by atoms with Gasteiger partial charge in [-0.2, -0.15) is 8.61 Å². The van der Waals surface area contributed by atoms with E-state index in [2.05, 4.69) is 21.3 Å². The molecule has 20 nitrogen and oxygen atoms in total. The maximum atomic E-state index is 14.8. The molecule has 5 rings (SSSR count). The van der Waals surface area contributed by atoms with Crippen molar-refractivity contribution >= 4 is 63.5 Å². The zero-order valence-electron chi connectivity index (χ0n) is 49.4. The van der Waals surface area contributed by atoms with E-state index in [4.69, 9.17) is 0 Å². The van der Waals surface area contributed by atoms with Gasteiger partial charge in [0.1, 0.15) is 12.1 Å². The van der Waals surface area contributed by atoms with E-state index in [-0.39, 0.29) is 75.1 Å². The molecule has 0 aromatic heterocycles. The van der Waals surface area contributed by atoms with Crippen LogP contribution in [0.25, 0.3) is 0 Å². The summed E-state index contributed by atoms with van der Waals surface area (Å²) in [5.41, 5.74) is 0.817. The number of amides is 6. The van der Waals surface area contributed by atoms with E-state index >= 15 is 0 Å². The predicted octanol–water partition coefficient (Wildman–Crippen LogP) is 1.97. The Balaban J connectivity index is 1.36. The van der Waals surface area contributed by atoms with E-state index < -0.39 is 103 Å². The van der Waals surface area contributed by atoms with Crippen molar-refractivity contribution in [1.82, 2.24) is 49.4 Å². The summed E-state index contributed by atoms with van der Waals surface area (Å²) in [6.07, 6.45) is 3.55. The summed E-state index contributed by atoms with van der Waals surface area (Å²) in [7, 11) is -0.484. The molecular weight excluding hydrogens is 1060 g/mol. The molecule has 0 bridgehead atoms. The first-order valence-electron chi connectivity index (χ1n) is 27.4. The molecule has 0 unspecified atom stereocenters. The normalized spacial score (nSPS) is 19.7. The Labute approximate surface area is 476 Å². The van der Waals surface area contributed by atoms with Crippen LogP contribution in [0, 0.1) is 10.8 Å². The minimum atomic E-state index is -3.77. The highest BCUT2D eigenvalue weighted by Gasteiger charge is 2.46. The molecule has 2 saturated heterocycles. The van der Waals surface area contributed by atoms with Crippen LogP contribution in [0.3, 0.4) is 0 Å². The second-order valence-electron chi connectivity index (χ2n) is 24.3. The van der Waals surface area contributed by atoms with E-state index in [0.29, 0.717) is 12.8 Å². The Bertz CT molecular complexity index is 2660. The standard InChI is InChI=1S/C57H87BN10O10S2/c1-38(63(9)10)50(69)61-48(56(3,4)5)54(73)67-34-44(32-46(67)36-65(79(12,75)76)30-28-40-20-16-14-17-21-40)59-52(71)42-24-26-43(27-25-42)53(72)60-45-33-47(37-66(80(13,77)78)31-29-41-22-18-15-19-23-41)68(35-45)55(74)49(57(6,7)8)62-51(70)39(2)64(11)58/h14-27,38-39,44-49H,28-37,58H2,1-13H3,(H,59,71)(H,60,72)(H,61,69)(H,62,70)/t38-,39-,44-,45-,46-,47-,48+,49+/m0/s1. The SMILES string of the molecule is BN(C)[C@@H](C)C(=O)N[C@H](C(=O)N1C[C@@H](NC(=O)c2ccc(C(=O)N[C@H]3C[C@@H](CN(CCc4ccccc4)S(C)(=O)=O)N(C(=O)[C@@H](NC(=O)[C@H](C)N(C)C)C(C)(C)C)C3)cc2)C[C@H]1CN(CCc1ccccc1)S(C)(=O)=O)C(C)(C)C. The molecule has 3 aromatic rings. The van der Waals surface area contributed by atoms with Crippen molar-refractivity contribution in [3.8, 4) is 0 Å². The van der Waals surface area contributed by atoms with Gasteiger partial charge in [0.2, 0.25) is 43.7 Å². The Morgan fingerprint density at radius 1 is 0.575 bits per heavy atom. The van der Waals surface area contributed by atoms with Gasteiger partial charge in [0.25, 0.3) is 11.8 Å². The molecule has 0 saturated carbocycles. The lowest BCUT2D eigenvalue weighted by Crippen LogP contribution is -2.59. The van der Waals surface area contributed by atoms with Gasteiger partial charge in [-0.1, -0.05) is 102 Å². The van der Waals surface area contributed by atoms with Crippen LogP contribution in [0.5, 0.6) is 0 Å². The summed E-state index contributed by atoms with van der Waals surface area (Å²) < 4.78 is 56.1. The Morgan fingerprint density at radius 2 is 0.912 bits per heavy atom. The van der Waals surface area contributed by atoms with Crippen molar-refractivity contribution in [2.24, 2.45) is 10.8 Å². The van der Waals surface area contributed by atoms with E-state index in [1.807, 2.05) is 102 Å². The summed E-state index contributed by atoms with van der Waals surface area (Å²) in [5, 5.41) is 12.0. The smallest absolute Gasteiger partial charge is 0.251 e. The zero-order chi connectivity index (χ0) is 59.7. The highest BCUT2D eigenvalue weighted by Crippen LogP contribution is 2.30. The summed E-state index contributed by atoms with van der Waals surface area (Å²) >= 11 is 0. The molecule has 2 fully saturated rings. The van der Waals surface area contributed by atoms with E-state index in [9.17, 15) is 45.6 Å². The maximum Gasteiger partial charge on any atom is 0.251 e. The van der Waals surface area contributed by atoms with Crippen LogP contribution in [0.2, 0.25) is 0 Å². The van der Waals surface area contributed by atoms with Gasteiger partial charge >= 0.3 is 0 Å². The molecule has 2 aliphatic heterocycles. The molecule has 2 heterocycles. The average Bonchev–Trinajstić information content (AvgIpc) is 3.98. The van der Waals surface area contributed by atoms with Crippen LogP contribution in [0.4, 0.5) is 0 Å². The van der Waals surface area contributed by atoms with Crippen molar-refractivity contribution in [3.63, 3.8) is 0 Å². The van der Waals surface area contributed by atoms with Gasteiger partial charge in [-0.3, -0.25) is 33.7 Å². The van der Waals surface area contributed by atoms with Crippen LogP contribution < -0.4 is 21.3 Å². The number of benzene rings is 3. The summed E-state index contributed by atoms with van der Waals surface area (Å²) in [5.74, 6) is -2.49. The molecule has 80 heavy (non-hydrogen) atoms. The fourth-order valence-corrected chi connectivity index (χ4v) is 11.6. The minimum absolute atomic E-state index is 0.0344. The molecule has 23 heteroatoms. The van der Waals surface area contributed by atoms with E-state index in [1.54, 1.807) is 62.5 Å². The van der Waals surface area contributed by atoms with Gasteiger partial charge in [0.15, 0.2) is 7.98 Å². The number of hydrogen-bond donors (Lipinski definition) is 4. The second kappa shape index (κ2) is 27.4. The predicted molar refractivity (Wildman–Crippen MR) is 314 cm³/mol. The number of rotatable bonds is 24. The van der Waals surface area contributed by atoms with Crippen molar-refractivity contribution in [1.29, 1.82) is 0 Å². The summed E-state index contributed by atoms with van der Waals surface area (Å²) in [4.78, 5) is 91.1. The number of nitrogens with one attached hydrogen (secondary N) is 4. The number of sulfonamides is 2. The average molecular weight is 1150 g/mol. The fourth-order valence-electron chi connectivity index (χ4n) is 9.91. The summed E-state index contributed by atoms with van der Waals surface area (Å²) in [6.45, 7) is 14.8. The highest BCUT2D eigenvalue weighted by atomic mass is 32.2. The highest BCUT2D eigenvalue weighted by molar-refractivity contribution is 7.88. The largest absolute Gasteiger partial charge is 0.347 e. The number of likely N-dealkylation sites (N-methyl/N-ethyl adjacent to an activating group) is 2. The number of nitrogens with zero attached hydrogens (tertiary/aromatic N) is 6. The van der Waals surface area contributed by atoms with Gasteiger partial charge in [-0.15, -0.1) is 0 Å². The number of carbonyl (C=O) groups excluding carboxylic acids is 6. The van der Waals surface area contributed by atoms with Crippen LogP contribution in [0.15, 0.2) is 84.9 Å². The molecule has 6 amide bonds. The van der Waals surface area contributed by atoms with E-state index in [0.717, 1.165) is 23.6 Å². The van der Waals surface area contributed by atoms with Gasteiger partial charge in [-0.05, 0) is 107 Å². The second-order valence-corrected chi connectivity index (χ2v) is 28.3. The third kappa shape index (κ3) is 18.1. The van der Waals surface area contributed by atoms with Crippen LogP contribution in [0.1, 0.15) is 100 Å². The Morgan fingerprint density at radius 3 is 1.21 bits per heavy atom. The molecule has 0 radical (unpaired) electrons. The van der Waals surface area contributed by atoms with Crippen LogP contribution in [-0.2, 0) is 52.1 Å². The first-order chi connectivity index (χ1) is 37.1. The molecule has 0 spiro atoms. The van der Waals surface area contributed by atoms with Gasteiger partial charge < -0.3 is 35.9 Å². The Kier molecular flexibility index (Phi) is 22.3. The van der Waals surface area contributed by atoms with Gasteiger partial charge in [-0.25, -0.2) is 16.8 Å². The zero-order valence-corrected chi connectivity index (χ0v) is 51.0. The van der Waals surface area contributed by atoms with E-state index in [1.165, 1.54) is 32.9 Å². The number of likely N-dealkylation sites (tertiary alicyclic amines) is 2. The van der Waals surface area contributed by atoms with Crippen LogP contribution in [-0.4, -0.2) is 210 Å². The van der Waals surface area contributed by atoms with Crippen LogP contribution >= 0.6 is 0 Å². The monoisotopic (exact) mass is 1150 g/mol. The molecule has 440 valence electrons. The lowest BCUT2D eigenvalue weighted by molar-refractivity contribution is -0.141. The maximum absolute atomic E-state index is 14.8. The molecular formula is C57H87BN10O10S2. The third-order valence-corrected chi connectivity index (χ3v) is 17.9. The quantitative estimate of drug-likeness (QED) is 0.0943. The van der Waals surface area contributed by atoms with Crippen molar-refractivity contribution in [3.05, 3.63) is 107 Å². The summed E-state index contributed by atoms with van der Waals surface area (Å²) in [6, 6.07) is 19.3. The Hall–Kier alpha value is -5.72. The van der Waals surface area contributed by atoms with Crippen molar-refractivity contribution in [2.45, 2.75) is 129 Å². The number of carbonyl (C=O) groups is 6. The third-order valence-electron chi connectivity index (χ3n) is 15.3. The lowest BCUT2D eigenvalue weighted by Gasteiger charge is -2.37. The molecule has 8 atom stereocenters.